The number of rotatable bonds is 6. The van der Waals surface area contributed by atoms with Gasteiger partial charge in [-0.15, -0.1) is 0 Å². The molecule has 0 aliphatic rings. The molecule has 1 heterocycles. The SMILES string of the molecule is CC(C)(C)NC(=O)CNC(=O)CCc1ncc(-c2ccc(F)cc2)o1. The summed E-state index contributed by atoms with van der Waals surface area (Å²) in [6.07, 6.45) is 2.01. The van der Waals surface area contributed by atoms with Gasteiger partial charge >= 0.3 is 0 Å². The third-order valence-corrected chi connectivity index (χ3v) is 3.21. The molecule has 0 atom stereocenters. The topological polar surface area (TPSA) is 84.2 Å². The Kier molecular flexibility index (Phi) is 5.90. The molecule has 0 fully saturated rings. The Morgan fingerprint density at radius 3 is 2.48 bits per heavy atom. The molecule has 2 rings (SSSR count). The van der Waals surface area contributed by atoms with Crippen molar-refractivity contribution in [3.8, 4) is 11.3 Å². The van der Waals surface area contributed by atoms with Gasteiger partial charge in [-0.2, -0.15) is 0 Å². The monoisotopic (exact) mass is 347 g/mol. The van der Waals surface area contributed by atoms with Gasteiger partial charge in [0, 0.05) is 23.9 Å². The molecular weight excluding hydrogens is 325 g/mol. The number of nitrogens with one attached hydrogen (secondary N) is 2. The molecule has 1 aromatic carbocycles. The second kappa shape index (κ2) is 7.92. The number of aryl methyl sites for hydroxylation is 1. The van der Waals surface area contributed by atoms with E-state index in [1.54, 1.807) is 12.1 Å². The van der Waals surface area contributed by atoms with E-state index in [0.29, 0.717) is 23.6 Å². The molecule has 0 saturated heterocycles. The molecule has 6 nitrogen and oxygen atoms in total. The van der Waals surface area contributed by atoms with Crippen LogP contribution in [0.4, 0.5) is 4.39 Å². The van der Waals surface area contributed by atoms with Crippen LogP contribution in [-0.4, -0.2) is 28.9 Å². The number of benzene rings is 1. The summed E-state index contributed by atoms with van der Waals surface area (Å²) < 4.78 is 18.5. The van der Waals surface area contributed by atoms with Crippen LogP contribution in [0.1, 0.15) is 33.1 Å². The fourth-order valence-corrected chi connectivity index (χ4v) is 2.12. The van der Waals surface area contributed by atoms with Crippen molar-refractivity contribution < 1.29 is 18.4 Å². The number of hydrogen-bond donors (Lipinski definition) is 2. The highest BCUT2D eigenvalue weighted by Gasteiger charge is 2.14. The van der Waals surface area contributed by atoms with Crippen LogP contribution in [0.15, 0.2) is 34.9 Å². The number of hydrogen-bond acceptors (Lipinski definition) is 4. The molecule has 25 heavy (non-hydrogen) atoms. The van der Waals surface area contributed by atoms with E-state index in [2.05, 4.69) is 15.6 Å². The molecule has 0 aliphatic carbocycles. The van der Waals surface area contributed by atoms with Crippen LogP contribution in [0.5, 0.6) is 0 Å². The van der Waals surface area contributed by atoms with E-state index in [4.69, 9.17) is 4.42 Å². The van der Waals surface area contributed by atoms with Gasteiger partial charge in [0.25, 0.3) is 0 Å². The van der Waals surface area contributed by atoms with E-state index in [-0.39, 0.29) is 36.1 Å². The second-order valence-corrected chi connectivity index (χ2v) is 6.70. The molecule has 0 unspecified atom stereocenters. The molecule has 1 aromatic heterocycles. The highest BCUT2D eigenvalue weighted by molar-refractivity contribution is 5.85. The van der Waals surface area contributed by atoms with Crippen LogP contribution in [0.3, 0.4) is 0 Å². The molecular formula is C18H22FN3O3. The highest BCUT2D eigenvalue weighted by Crippen LogP contribution is 2.21. The summed E-state index contributed by atoms with van der Waals surface area (Å²) in [6.45, 7) is 5.54. The molecule has 0 spiro atoms. The van der Waals surface area contributed by atoms with Gasteiger partial charge < -0.3 is 15.1 Å². The Bertz CT molecular complexity index is 733. The molecule has 0 bridgehead atoms. The summed E-state index contributed by atoms with van der Waals surface area (Å²) in [6, 6.07) is 5.88. The molecule has 2 aromatic rings. The lowest BCUT2D eigenvalue weighted by Gasteiger charge is -2.20. The van der Waals surface area contributed by atoms with Crippen LogP contribution < -0.4 is 10.6 Å². The fourth-order valence-electron chi connectivity index (χ4n) is 2.12. The van der Waals surface area contributed by atoms with Gasteiger partial charge in [-0.25, -0.2) is 9.37 Å². The number of carbonyl (C=O) groups excluding carboxylic acids is 2. The number of halogens is 1. The number of carbonyl (C=O) groups is 2. The zero-order valence-corrected chi connectivity index (χ0v) is 14.6. The van der Waals surface area contributed by atoms with Gasteiger partial charge in [0.2, 0.25) is 11.8 Å². The minimum absolute atomic E-state index is 0.0669. The summed E-state index contributed by atoms with van der Waals surface area (Å²) in [7, 11) is 0. The van der Waals surface area contributed by atoms with Crippen molar-refractivity contribution >= 4 is 11.8 Å². The minimum Gasteiger partial charge on any atom is -0.441 e. The number of aromatic nitrogens is 1. The molecule has 7 heteroatoms. The summed E-state index contributed by atoms with van der Waals surface area (Å²) in [5.41, 5.74) is 0.375. The van der Waals surface area contributed by atoms with E-state index in [9.17, 15) is 14.0 Å². The Balaban J connectivity index is 1.79. The Labute approximate surface area is 145 Å². The molecule has 2 N–H and O–H groups in total. The predicted octanol–water partition coefficient (Wildman–Crippen LogP) is 2.44. The largest absolute Gasteiger partial charge is 0.441 e. The van der Waals surface area contributed by atoms with Crippen molar-refractivity contribution in [2.24, 2.45) is 0 Å². The zero-order valence-electron chi connectivity index (χ0n) is 14.6. The first-order chi connectivity index (χ1) is 11.7. The van der Waals surface area contributed by atoms with Crippen LogP contribution in [0.25, 0.3) is 11.3 Å². The van der Waals surface area contributed by atoms with Gasteiger partial charge in [-0.3, -0.25) is 9.59 Å². The van der Waals surface area contributed by atoms with Gasteiger partial charge in [0.1, 0.15) is 5.82 Å². The van der Waals surface area contributed by atoms with Crippen LogP contribution in [0.2, 0.25) is 0 Å². The fraction of sp³-hybridized carbons (Fsp3) is 0.389. The average molecular weight is 347 g/mol. The van der Waals surface area contributed by atoms with E-state index in [1.165, 1.54) is 18.3 Å². The number of amides is 2. The van der Waals surface area contributed by atoms with Crippen LogP contribution >= 0.6 is 0 Å². The lowest BCUT2D eigenvalue weighted by Crippen LogP contribution is -2.45. The first-order valence-electron chi connectivity index (χ1n) is 8.01. The smallest absolute Gasteiger partial charge is 0.239 e. The molecule has 0 aliphatic heterocycles. The van der Waals surface area contributed by atoms with Crippen LogP contribution in [-0.2, 0) is 16.0 Å². The van der Waals surface area contributed by atoms with E-state index in [0.717, 1.165) is 0 Å². The lowest BCUT2D eigenvalue weighted by atomic mass is 10.1. The van der Waals surface area contributed by atoms with E-state index < -0.39 is 0 Å². The Morgan fingerprint density at radius 1 is 1.16 bits per heavy atom. The summed E-state index contributed by atoms with van der Waals surface area (Å²) >= 11 is 0. The summed E-state index contributed by atoms with van der Waals surface area (Å²) in [5, 5.41) is 5.32. The van der Waals surface area contributed by atoms with Gasteiger partial charge in [0.15, 0.2) is 11.7 Å². The van der Waals surface area contributed by atoms with Crippen molar-refractivity contribution in [3.05, 3.63) is 42.2 Å². The summed E-state index contributed by atoms with van der Waals surface area (Å²) in [4.78, 5) is 27.5. The average Bonchev–Trinajstić information content (AvgIpc) is 2.99. The van der Waals surface area contributed by atoms with Crippen molar-refractivity contribution in [1.29, 1.82) is 0 Å². The molecule has 0 saturated carbocycles. The molecule has 2 amide bonds. The third kappa shape index (κ3) is 6.37. The first kappa shape index (κ1) is 18.6. The van der Waals surface area contributed by atoms with E-state index >= 15 is 0 Å². The molecule has 134 valence electrons. The predicted molar refractivity (Wildman–Crippen MR) is 91.1 cm³/mol. The van der Waals surface area contributed by atoms with Crippen LogP contribution in [0, 0.1) is 5.82 Å². The van der Waals surface area contributed by atoms with Crippen molar-refractivity contribution in [2.75, 3.05) is 6.54 Å². The Hall–Kier alpha value is -2.70. The quantitative estimate of drug-likeness (QED) is 0.841. The second-order valence-electron chi connectivity index (χ2n) is 6.70. The normalized spacial score (nSPS) is 11.2. The van der Waals surface area contributed by atoms with E-state index in [1.807, 2.05) is 20.8 Å². The maximum atomic E-state index is 12.9. The third-order valence-electron chi connectivity index (χ3n) is 3.21. The number of oxazole rings is 1. The first-order valence-corrected chi connectivity index (χ1v) is 8.01. The van der Waals surface area contributed by atoms with Crippen molar-refractivity contribution in [3.63, 3.8) is 0 Å². The van der Waals surface area contributed by atoms with Gasteiger partial charge in [-0.1, -0.05) is 0 Å². The highest BCUT2D eigenvalue weighted by atomic mass is 19.1. The standard InChI is InChI=1S/C18H22FN3O3/c1-18(2,3)22-16(24)11-20-15(23)8-9-17-21-10-14(25-17)12-4-6-13(19)7-5-12/h4-7,10H,8-9,11H2,1-3H3,(H,20,23)(H,22,24). The maximum Gasteiger partial charge on any atom is 0.239 e. The van der Waals surface area contributed by atoms with Crippen molar-refractivity contribution in [2.45, 2.75) is 39.2 Å². The zero-order chi connectivity index (χ0) is 18.4. The van der Waals surface area contributed by atoms with Gasteiger partial charge in [-0.05, 0) is 45.0 Å². The van der Waals surface area contributed by atoms with Crippen molar-refractivity contribution in [1.82, 2.24) is 15.6 Å². The summed E-state index contributed by atoms with van der Waals surface area (Å²) in [5.74, 6) is 0.102. The lowest BCUT2D eigenvalue weighted by molar-refractivity contribution is -0.126. The number of nitrogens with zero attached hydrogens (tertiary/aromatic N) is 1. The minimum atomic E-state index is -0.337. The van der Waals surface area contributed by atoms with Gasteiger partial charge in [0.05, 0.1) is 12.7 Å². The maximum absolute atomic E-state index is 12.9. The molecule has 0 radical (unpaired) electrons. The Morgan fingerprint density at radius 2 is 1.84 bits per heavy atom.